The fourth-order valence-electron chi connectivity index (χ4n) is 3.97. The van der Waals surface area contributed by atoms with Crippen LogP contribution < -0.4 is 5.19 Å². The summed E-state index contributed by atoms with van der Waals surface area (Å²) in [6, 6.07) is 21.8. The molecule has 0 aliphatic carbocycles. The average molecular weight is 380 g/mol. The third kappa shape index (κ3) is 3.80. The van der Waals surface area contributed by atoms with Crippen molar-refractivity contribution in [3.05, 3.63) is 66.2 Å². The lowest BCUT2D eigenvalue weighted by Crippen LogP contribution is -2.49. The van der Waals surface area contributed by atoms with Gasteiger partial charge in [0.1, 0.15) is 0 Å². The summed E-state index contributed by atoms with van der Waals surface area (Å²) in [5.41, 5.74) is 1.13. The molecule has 0 amide bonds. The largest absolute Gasteiger partial charge is 0.465 e. The molecular formula is C23H33BO2Si. The summed E-state index contributed by atoms with van der Waals surface area (Å²) in [6.45, 7) is 15.9. The summed E-state index contributed by atoms with van der Waals surface area (Å²) in [5, 5.41) is 1.48. The molecule has 2 unspecified atom stereocenters. The van der Waals surface area contributed by atoms with E-state index in [1.165, 1.54) is 10.8 Å². The van der Waals surface area contributed by atoms with Crippen LogP contribution >= 0.6 is 0 Å². The molecule has 1 heterocycles. The van der Waals surface area contributed by atoms with E-state index in [9.17, 15) is 0 Å². The molecule has 0 aromatic heterocycles. The zero-order valence-corrected chi connectivity index (χ0v) is 18.8. The second kappa shape index (κ2) is 7.23. The highest BCUT2D eigenvalue weighted by molar-refractivity contribution is 6.91. The fourth-order valence-corrected chi connectivity index (χ4v) is 6.80. The molecule has 2 nitrogen and oxygen atoms in total. The van der Waals surface area contributed by atoms with Crippen LogP contribution in [0.4, 0.5) is 0 Å². The van der Waals surface area contributed by atoms with Gasteiger partial charge in [0.2, 0.25) is 0 Å². The van der Waals surface area contributed by atoms with Gasteiger partial charge in [0.05, 0.1) is 19.3 Å². The van der Waals surface area contributed by atoms with Gasteiger partial charge in [0.15, 0.2) is 0 Å². The maximum absolute atomic E-state index is 6.53. The molecule has 0 bridgehead atoms. The molecule has 4 heteroatoms. The van der Waals surface area contributed by atoms with Crippen LogP contribution in [0, 0.1) is 0 Å². The molecule has 1 fully saturated rings. The third-order valence-corrected chi connectivity index (χ3v) is 11.4. The standard InChI is InChI=1S/C23H33BO2Si/c1-18(27(6,7)20-16-12-9-13-17-20)21(19-14-10-8-11-15-19)24-25-22(2,3)23(4,5)26-24/h8-18,21H,1-7H3. The predicted octanol–water partition coefficient (Wildman–Crippen LogP) is 5.41. The molecule has 2 atom stereocenters. The van der Waals surface area contributed by atoms with Crippen LogP contribution in [0.15, 0.2) is 60.7 Å². The lowest BCUT2D eigenvalue weighted by Gasteiger charge is -2.37. The van der Waals surface area contributed by atoms with Crippen molar-refractivity contribution >= 4 is 20.4 Å². The smallest absolute Gasteiger partial charge is 0.403 e. The Hall–Kier alpha value is -1.36. The monoisotopic (exact) mass is 380 g/mol. The van der Waals surface area contributed by atoms with Crippen molar-refractivity contribution in [1.82, 2.24) is 0 Å². The van der Waals surface area contributed by atoms with Crippen LogP contribution in [0.25, 0.3) is 0 Å². The molecule has 0 spiro atoms. The normalized spacial score (nSPS) is 21.1. The first-order valence-electron chi connectivity index (χ1n) is 10.0. The number of hydrogen-bond acceptors (Lipinski definition) is 2. The van der Waals surface area contributed by atoms with E-state index in [4.69, 9.17) is 9.31 Å². The SMILES string of the molecule is CC(C(B1OC(C)(C)C(C)(C)O1)c1ccccc1)[Si](C)(C)c1ccccc1. The van der Waals surface area contributed by atoms with Crippen LogP contribution in [0.5, 0.6) is 0 Å². The van der Waals surface area contributed by atoms with Crippen LogP contribution in [0.1, 0.15) is 46.0 Å². The Morgan fingerprint density at radius 2 is 1.22 bits per heavy atom. The predicted molar refractivity (Wildman–Crippen MR) is 118 cm³/mol. The lowest BCUT2D eigenvalue weighted by atomic mass is 9.66. The second-order valence-electron chi connectivity index (χ2n) is 9.44. The first kappa shape index (κ1) is 20.4. The van der Waals surface area contributed by atoms with E-state index in [0.29, 0.717) is 5.54 Å². The second-order valence-corrected chi connectivity index (χ2v) is 14.4. The summed E-state index contributed by atoms with van der Waals surface area (Å²) >= 11 is 0. The molecule has 144 valence electrons. The van der Waals surface area contributed by atoms with Gasteiger partial charge in [-0.15, -0.1) is 0 Å². The highest BCUT2D eigenvalue weighted by atomic mass is 28.3. The van der Waals surface area contributed by atoms with Crippen LogP contribution in [-0.2, 0) is 9.31 Å². The van der Waals surface area contributed by atoms with Crippen molar-refractivity contribution < 1.29 is 9.31 Å². The molecule has 0 N–H and O–H groups in total. The molecular weight excluding hydrogens is 347 g/mol. The zero-order chi connectivity index (χ0) is 19.9. The van der Waals surface area contributed by atoms with Gasteiger partial charge in [-0.2, -0.15) is 0 Å². The van der Waals surface area contributed by atoms with Gasteiger partial charge < -0.3 is 9.31 Å². The van der Waals surface area contributed by atoms with Crippen molar-refractivity contribution in [2.45, 2.75) is 70.3 Å². The van der Waals surface area contributed by atoms with Crippen molar-refractivity contribution in [3.63, 3.8) is 0 Å². The Bertz CT molecular complexity index is 742. The molecule has 1 saturated heterocycles. The first-order valence-corrected chi connectivity index (χ1v) is 13.1. The van der Waals surface area contributed by atoms with Crippen molar-refractivity contribution in [1.29, 1.82) is 0 Å². The Morgan fingerprint density at radius 1 is 0.778 bits per heavy atom. The summed E-state index contributed by atoms with van der Waals surface area (Å²) in [7, 11) is -1.98. The van der Waals surface area contributed by atoms with Crippen LogP contribution in [-0.4, -0.2) is 26.4 Å². The molecule has 1 aliphatic rings. The van der Waals surface area contributed by atoms with Gasteiger partial charge in [-0.3, -0.25) is 0 Å². The van der Waals surface area contributed by atoms with Gasteiger partial charge in [-0.25, -0.2) is 0 Å². The van der Waals surface area contributed by atoms with Crippen molar-refractivity contribution in [2.24, 2.45) is 0 Å². The summed E-state index contributed by atoms with van der Waals surface area (Å²) < 4.78 is 13.1. The molecule has 0 saturated carbocycles. The minimum absolute atomic E-state index is 0.203. The van der Waals surface area contributed by atoms with E-state index in [0.717, 1.165) is 0 Å². The van der Waals surface area contributed by atoms with E-state index >= 15 is 0 Å². The minimum Gasteiger partial charge on any atom is -0.403 e. The van der Waals surface area contributed by atoms with Crippen LogP contribution in [0.2, 0.25) is 18.6 Å². The molecule has 0 radical (unpaired) electrons. The average Bonchev–Trinajstić information content (AvgIpc) is 2.84. The van der Waals surface area contributed by atoms with Gasteiger partial charge in [0, 0.05) is 5.82 Å². The highest BCUT2D eigenvalue weighted by Gasteiger charge is 2.56. The topological polar surface area (TPSA) is 18.5 Å². The minimum atomic E-state index is -1.75. The summed E-state index contributed by atoms with van der Waals surface area (Å²) in [6.07, 6.45) is 0. The van der Waals surface area contributed by atoms with E-state index in [2.05, 4.69) is 108 Å². The summed E-state index contributed by atoms with van der Waals surface area (Å²) in [5.74, 6) is 0.203. The summed E-state index contributed by atoms with van der Waals surface area (Å²) in [4.78, 5) is 0. The van der Waals surface area contributed by atoms with Gasteiger partial charge >= 0.3 is 7.12 Å². The number of benzene rings is 2. The zero-order valence-electron chi connectivity index (χ0n) is 17.8. The Balaban J connectivity index is 2.01. The number of rotatable bonds is 5. The lowest BCUT2D eigenvalue weighted by molar-refractivity contribution is 0.00578. The van der Waals surface area contributed by atoms with Gasteiger partial charge in [-0.1, -0.05) is 85.9 Å². The quantitative estimate of drug-likeness (QED) is 0.646. The highest BCUT2D eigenvalue weighted by Crippen LogP contribution is 2.46. The third-order valence-electron chi connectivity index (χ3n) is 6.94. The van der Waals surface area contributed by atoms with Crippen LogP contribution in [0.3, 0.4) is 0 Å². The van der Waals surface area contributed by atoms with E-state index < -0.39 is 8.07 Å². The Labute approximate surface area is 166 Å². The molecule has 2 aromatic carbocycles. The molecule has 1 aliphatic heterocycles. The Kier molecular flexibility index (Phi) is 5.46. The maximum Gasteiger partial charge on any atom is 0.465 e. The van der Waals surface area contributed by atoms with E-state index in [1.807, 2.05) is 0 Å². The van der Waals surface area contributed by atoms with Crippen molar-refractivity contribution in [2.75, 3.05) is 0 Å². The van der Waals surface area contributed by atoms with Gasteiger partial charge in [-0.05, 0) is 38.8 Å². The van der Waals surface area contributed by atoms with Crippen molar-refractivity contribution in [3.8, 4) is 0 Å². The van der Waals surface area contributed by atoms with Gasteiger partial charge in [0.25, 0.3) is 0 Å². The van der Waals surface area contributed by atoms with E-state index in [1.54, 1.807) is 0 Å². The Morgan fingerprint density at radius 3 is 1.70 bits per heavy atom. The molecule has 27 heavy (non-hydrogen) atoms. The maximum atomic E-state index is 6.53. The van der Waals surface area contributed by atoms with E-state index in [-0.39, 0.29) is 24.1 Å². The molecule has 3 rings (SSSR count). The number of hydrogen-bond donors (Lipinski definition) is 0. The molecule has 2 aromatic rings. The first-order chi connectivity index (χ1) is 12.6. The fraction of sp³-hybridized carbons (Fsp3) is 0.478.